The van der Waals surface area contributed by atoms with Gasteiger partial charge in [-0.15, -0.1) is 0 Å². The largest absolute Gasteiger partial charge is 0.484 e. The van der Waals surface area contributed by atoms with Gasteiger partial charge in [-0.2, -0.15) is 13.5 Å². The van der Waals surface area contributed by atoms with Crippen molar-refractivity contribution in [2.45, 2.75) is 4.90 Å². The number of benzene rings is 2. The number of rotatable bonds is 7. The number of hydrogen-bond donors (Lipinski definition) is 1. The highest BCUT2D eigenvalue weighted by Gasteiger charge is 2.17. The van der Waals surface area contributed by atoms with Crippen LogP contribution in [0.2, 0.25) is 0 Å². The molecule has 0 radical (unpaired) electrons. The summed E-state index contributed by atoms with van der Waals surface area (Å²) in [4.78, 5) is 16.1. The molecule has 0 spiro atoms. The first-order valence-electron chi connectivity index (χ1n) is 8.73. The lowest BCUT2D eigenvalue weighted by Gasteiger charge is -2.26. The molecule has 1 amide bonds. The first-order chi connectivity index (χ1) is 13.5. The summed E-state index contributed by atoms with van der Waals surface area (Å²) in [5.74, 6) is 0.466. The van der Waals surface area contributed by atoms with Crippen molar-refractivity contribution in [3.63, 3.8) is 0 Å². The van der Waals surface area contributed by atoms with E-state index in [1.807, 2.05) is 0 Å². The summed E-state index contributed by atoms with van der Waals surface area (Å²) in [6.07, 6.45) is 1.39. The van der Waals surface area contributed by atoms with Crippen LogP contribution in [0.15, 0.2) is 64.6 Å². The van der Waals surface area contributed by atoms with Gasteiger partial charge in [-0.05, 0) is 42.0 Å². The summed E-state index contributed by atoms with van der Waals surface area (Å²) in [5, 5.41) is 3.78. The minimum absolute atomic E-state index is 0.0374. The van der Waals surface area contributed by atoms with Crippen LogP contribution in [0.3, 0.4) is 0 Å². The molecule has 3 rings (SSSR count). The maximum Gasteiger partial charge on any atom is 0.276 e. The SMILES string of the molecule is O=C(COc1ccc(/C=N/NS(=O)(=O)c2ccccc2)cc1)N1CCOCC1. The number of hydrazone groups is 1. The van der Waals surface area contributed by atoms with E-state index in [1.165, 1.54) is 18.3 Å². The van der Waals surface area contributed by atoms with Gasteiger partial charge >= 0.3 is 0 Å². The van der Waals surface area contributed by atoms with Crippen molar-refractivity contribution < 1.29 is 22.7 Å². The summed E-state index contributed by atoms with van der Waals surface area (Å²) >= 11 is 0. The Morgan fingerprint density at radius 2 is 1.79 bits per heavy atom. The van der Waals surface area contributed by atoms with Gasteiger partial charge in [0.1, 0.15) is 5.75 Å². The fourth-order valence-electron chi connectivity index (χ4n) is 2.52. The quantitative estimate of drug-likeness (QED) is 0.554. The molecular formula is C19H21N3O5S. The second-order valence-corrected chi connectivity index (χ2v) is 7.68. The lowest BCUT2D eigenvalue weighted by molar-refractivity contribution is -0.137. The van der Waals surface area contributed by atoms with Crippen molar-refractivity contribution in [2.75, 3.05) is 32.9 Å². The molecule has 2 aromatic carbocycles. The molecule has 0 atom stereocenters. The molecule has 1 fully saturated rings. The van der Waals surface area contributed by atoms with Gasteiger partial charge < -0.3 is 14.4 Å². The van der Waals surface area contributed by atoms with Gasteiger partial charge in [-0.25, -0.2) is 4.83 Å². The Morgan fingerprint density at radius 1 is 1.11 bits per heavy atom. The van der Waals surface area contributed by atoms with Gasteiger partial charge in [0.15, 0.2) is 6.61 Å². The van der Waals surface area contributed by atoms with E-state index in [9.17, 15) is 13.2 Å². The average molecular weight is 403 g/mol. The first-order valence-corrected chi connectivity index (χ1v) is 10.2. The number of ether oxygens (including phenoxy) is 2. The van der Waals surface area contributed by atoms with Gasteiger partial charge in [0.25, 0.3) is 15.9 Å². The molecule has 0 aliphatic carbocycles. The van der Waals surface area contributed by atoms with E-state index >= 15 is 0 Å². The number of sulfonamides is 1. The maximum atomic E-state index is 12.1. The van der Waals surface area contributed by atoms with E-state index in [1.54, 1.807) is 47.4 Å². The van der Waals surface area contributed by atoms with Crippen molar-refractivity contribution in [3.05, 3.63) is 60.2 Å². The Balaban J connectivity index is 1.50. The maximum absolute atomic E-state index is 12.1. The number of amides is 1. The van der Waals surface area contributed by atoms with Crippen LogP contribution in [0.4, 0.5) is 0 Å². The molecule has 1 aliphatic heterocycles. The number of nitrogens with zero attached hydrogens (tertiary/aromatic N) is 2. The Bertz CT molecular complexity index is 908. The minimum Gasteiger partial charge on any atom is -0.484 e. The Kier molecular flexibility index (Phi) is 6.62. The first kappa shape index (κ1) is 19.8. The van der Waals surface area contributed by atoms with Crippen LogP contribution in [-0.4, -0.2) is 58.3 Å². The molecule has 1 N–H and O–H groups in total. The van der Waals surface area contributed by atoms with E-state index in [2.05, 4.69) is 9.93 Å². The van der Waals surface area contributed by atoms with Gasteiger partial charge in [-0.1, -0.05) is 18.2 Å². The summed E-state index contributed by atoms with van der Waals surface area (Å²) in [5.41, 5.74) is 0.683. The molecular weight excluding hydrogens is 382 g/mol. The van der Waals surface area contributed by atoms with Crippen molar-refractivity contribution in [2.24, 2.45) is 5.10 Å². The molecule has 0 aromatic heterocycles. The standard InChI is InChI=1S/C19H21N3O5S/c23-19(22-10-12-26-13-11-22)15-27-17-8-6-16(7-9-17)14-20-21-28(24,25)18-4-2-1-3-5-18/h1-9,14,21H,10-13,15H2/b20-14+. The smallest absolute Gasteiger partial charge is 0.276 e. The molecule has 9 heteroatoms. The van der Waals surface area contributed by atoms with E-state index in [4.69, 9.17) is 9.47 Å². The zero-order valence-electron chi connectivity index (χ0n) is 15.2. The highest BCUT2D eigenvalue weighted by Crippen LogP contribution is 2.12. The molecule has 2 aromatic rings. The third-order valence-corrected chi connectivity index (χ3v) is 5.28. The monoisotopic (exact) mass is 403 g/mol. The van der Waals surface area contributed by atoms with Crippen LogP contribution in [0, 0.1) is 0 Å². The summed E-state index contributed by atoms with van der Waals surface area (Å²) in [6, 6.07) is 14.8. The highest BCUT2D eigenvalue weighted by molar-refractivity contribution is 7.89. The van der Waals surface area contributed by atoms with Gasteiger partial charge in [0, 0.05) is 13.1 Å². The second kappa shape index (κ2) is 9.34. The van der Waals surface area contributed by atoms with Gasteiger partial charge in [-0.3, -0.25) is 4.79 Å². The third kappa shape index (κ3) is 5.54. The van der Waals surface area contributed by atoms with E-state index in [0.717, 1.165) is 0 Å². The molecule has 1 aliphatic rings. The highest BCUT2D eigenvalue weighted by atomic mass is 32.2. The van der Waals surface area contributed by atoms with Crippen LogP contribution in [0.1, 0.15) is 5.56 Å². The Hall–Kier alpha value is -2.91. The Morgan fingerprint density at radius 3 is 2.46 bits per heavy atom. The van der Waals surface area contributed by atoms with Crippen molar-refractivity contribution in [1.29, 1.82) is 0 Å². The minimum atomic E-state index is -3.69. The number of carbonyl (C=O) groups is 1. The van der Waals surface area contributed by atoms with E-state index in [-0.39, 0.29) is 17.4 Å². The van der Waals surface area contributed by atoms with E-state index in [0.29, 0.717) is 37.6 Å². The van der Waals surface area contributed by atoms with Crippen molar-refractivity contribution in [1.82, 2.24) is 9.73 Å². The number of hydrogen-bond acceptors (Lipinski definition) is 6. The van der Waals surface area contributed by atoms with Crippen LogP contribution in [0.5, 0.6) is 5.75 Å². The molecule has 0 unspecified atom stereocenters. The normalized spacial score (nSPS) is 14.8. The molecule has 148 valence electrons. The van der Waals surface area contributed by atoms with Crippen LogP contribution < -0.4 is 9.57 Å². The van der Waals surface area contributed by atoms with Gasteiger partial charge in [0.05, 0.1) is 24.3 Å². The lowest BCUT2D eigenvalue weighted by Crippen LogP contribution is -2.42. The van der Waals surface area contributed by atoms with E-state index < -0.39 is 10.0 Å². The number of carbonyl (C=O) groups excluding carboxylic acids is 1. The zero-order valence-corrected chi connectivity index (χ0v) is 16.0. The summed E-state index contributed by atoms with van der Waals surface area (Å²) in [7, 11) is -3.69. The van der Waals surface area contributed by atoms with Crippen LogP contribution >= 0.6 is 0 Å². The molecule has 0 bridgehead atoms. The fourth-order valence-corrected chi connectivity index (χ4v) is 3.33. The average Bonchev–Trinajstić information content (AvgIpc) is 2.74. The molecule has 28 heavy (non-hydrogen) atoms. The number of morpholine rings is 1. The second-order valence-electron chi connectivity index (χ2n) is 6.02. The zero-order chi connectivity index (χ0) is 19.8. The summed E-state index contributed by atoms with van der Waals surface area (Å²) in [6.45, 7) is 2.22. The molecule has 1 heterocycles. The van der Waals surface area contributed by atoms with Gasteiger partial charge in [0.2, 0.25) is 0 Å². The summed E-state index contributed by atoms with van der Waals surface area (Å²) < 4.78 is 34.9. The third-order valence-electron chi connectivity index (χ3n) is 4.05. The topological polar surface area (TPSA) is 97.3 Å². The Labute approximate surface area is 163 Å². The van der Waals surface area contributed by atoms with Crippen LogP contribution in [0.25, 0.3) is 0 Å². The van der Waals surface area contributed by atoms with Crippen molar-refractivity contribution >= 4 is 22.1 Å². The molecule has 1 saturated heterocycles. The molecule has 0 saturated carbocycles. The fraction of sp³-hybridized carbons (Fsp3) is 0.263. The number of nitrogens with one attached hydrogen (secondary N) is 1. The predicted molar refractivity (Wildman–Crippen MR) is 104 cm³/mol. The van der Waals surface area contributed by atoms with Crippen molar-refractivity contribution in [3.8, 4) is 5.75 Å². The lowest BCUT2D eigenvalue weighted by atomic mass is 10.2. The predicted octanol–water partition coefficient (Wildman–Crippen LogP) is 1.24. The van der Waals surface area contributed by atoms with Crippen LogP contribution in [-0.2, 0) is 19.6 Å². The molecule has 8 nitrogen and oxygen atoms in total.